The summed E-state index contributed by atoms with van der Waals surface area (Å²) in [6, 6.07) is 0. The van der Waals surface area contributed by atoms with E-state index in [0.29, 0.717) is 0 Å². The van der Waals surface area contributed by atoms with Crippen molar-refractivity contribution >= 4 is 53.0 Å². The molecule has 7 heteroatoms. The van der Waals surface area contributed by atoms with Crippen LogP contribution in [0, 0.1) is 0 Å². The van der Waals surface area contributed by atoms with Gasteiger partial charge in [-0.15, -0.1) is 0 Å². The molecule has 0 heterocycles. The molecule has 0 bridgehead atoms. The van der Waals surface area contributed by atoms with E-state index in [2.05, 4.69) is 37.2 Å². The maximum absolute atomic E-state index is 11.5. The summed E-state index contributed by atoms with van der Waals surface area (Å²) in [5, 5.41) is 0. The van der Waals surface area contributed by atoms with E-state index in [-0.39, 0.29) is 5.78 Å². The van der Waals surface area contributed by atoms with Gasteiger partial charge in [-0.1, -0.05) is 0 Å². The van der Waals surface area contributed by atoms with Gasteiger partial charge >= 0.3 is 0 Å². The molecule has 0 aromatic heterocycles. The van der Waals surface area contributed by atoms with Crippen LogP contribution in [0.4, 0.5) is 0 Å². The van der Waals surface area contributed by atoms with E-state index in [1.807, 2.05) is 0 Å². The number of ketones is 1. The third-order valence-corrected chi connectivity index (χ3v) is 4.51. The van der Waals surface area contributed by atoms with Crippen molar-refractivity contribution in [2.24, 2.45) is 0 Å². The average Bonchev–Trinajstić information content (AvgIpc) is 2.07. The van der Waals surface area contributed by atoms with Gasteiger partial charge in [-0.3, -0.25) is 4.79 Å². The fourth-order valence-corrected chi connectivity index (χ4v) is 1.91. The van der Waals surface area contributed by atoms with Crippen LogP contribution in [0.3, 0.4) is 0 Å². The molecule has 0 spiro atoms. The van der Waals surface area contributed by atoms with Crippen LogP contribution >= 0.6 is 37.2 Å². The summed E-state index contributed by atoms with van der Waals surface area (Å²) >= 11 is 4.24. The first kappa shape index (κ1) is 17.4. The second-order valence-electron chi connectivity index (χ2n) is 3.35. The Morgan fingerprint density at radius 1 is 1.21 bits per heavy atom. The summed E-state index contributed by atoms with van der Waals surface area (Å²) in [5.74, 6) is -0.351. The lowest BCUT2D eigenvalue weighted by Crippen LogP contribution is -2.45. The molecule has 14 heavy (non-hydrogen) atoms. The number of Topliss-reactive ketones (excluding diaryl/α,β-unsaturated/α-hetero) is 1. The molecule has 0 fully saturated rings. The van der Waals surface area contributed by atoms with Crippen molar-refractivity contribution in [1.29, 1.82) is 0 Å². The molecule has 0 N–H and O–H groups in total. The Balaban J connectivity index is 0. The van der Waals surface area contributed by atoms with E-state index >= 15 is 0 Å². The predicted molar refractivity (Wildman–Crippen MR) is 75.4 cm³/mol. The van der Waals surface area contributed by atoms with Crippen LogP contribution < -0.4 is 0 Å². The first-order valence-corrected chi connectivity index (χ1v) is 11.4. The summed E-state index contributed by atoms with van der Waals surface area (Å²) in [5.41, 5.74) is 0. The molecule has 86 valence electrons. The largest absolute Gasteiger partial charge is 0.298 e. The lowest BCUT2D eigenvalue weighted by molar-refractivity contribution is -0.118. The van der Waals surface area contributed by atoms with Crippen molar-refractivity contribution in [3.05, 3.63) is 0 Å². The topological polar surface area (TPSA) is 54.5 Å². The lowest BCUT2D eigenvalue weighted by Gasteiger charge is -2.25. The second-order valence-corrected chi connectivity index (χ2v) is 6.05. The van der Waals surface area contributed by atoms with Crippen LogP contribution in [-0.4, -0.2) is 37.3 Å². The Morgan fingerprint density at radius 2 is 1.50 bits per heavy atom. The molecular formula is C7H15I2NO3S. The van der Waals surface area contributed by atoms with E-state index in [9.17, 15) is 13.2 Å². The van der Waals surface area contributed by atoms with Crippen LogP contribution in [-0.2, 0) is 14.8 Å². The average molecular weight is 447 g/mol. The summed E-state index contributed by atoms with van der Waals surface area (Å²) in [4.78, 5) is 11.0. The Morgan fingerprint density at radius 3 is 1.57 bits per heavy atom. The number of sulfonamides is 1. The summed E-state index contributed by atoms with van der Waals surface area (Å²) < 4.78 is 22.7. The predicted octanol–water partition coefficient (Wildman–Crippen LogP) is 2.02. The summed E-state index contributed by atoms with van der Waals surface area (Å²) in [6.07, 6.45) is 0. The molecule has 0 aliphatic rings. The number of carbonyl (C=O) groups excluding carboxylic acids is 1. The quantitative estimate of drug-likeness (QED) is 0.623. The van der Waals surface area contributed by atoms with E-state index in [1.165, 1.54) is 34.9 Å². The Bertz CT molecular complexity index is 285. The number of hydrogen-bond donors (Lipinski definition) is 0. The van der Waals surface area contributed by atoms with E-state index in [1.54, 1.807) is 0 Å². The second kappa shape index (κ2) is 6.59. The molecular weight excluding hydrogens is 432 g/mol. The maximum atomic E-state index is 11.5. The molecule has 0 aliphatic carbocycles. The van der Waals surface area contributed by atoms with E-state index in [0.717, 1.165) is 4.31 Å². The highest BCUT2D eigenvalue weighted by molar-refractivity contribution is 15.0. The lowest BCUT2D eigenvalue weighted by atomic mass is 10.1. The number of halogens is 2. The van der Waals surface area contributed by atoms with E-state index in [4.69, 9.17) is 0 Å². The van der Waals surface area contributed by atoms with Gasteiger partial charge in [-0.2, -0.15) is 0 Å². The molecule has 0 unspecified atom stereocenters. The van der Waals surface area contributed by atoms with E-state index < -0.39 is 14.8 Å². The van der Waals surface area contributed by atoms with Gasteiger partial charge in [-0.25, -0.2) is 12.7 Å². The van der Waals surface area contributed by atoms with Crippen LogP contribution in [0.15, 0.2) is 0 Å². The minimum absolute atomic E-state index is 0.351. The maximum Gasteiger partial charge on any atom is 0.225 e. The van der Waals surface area contributed by atoms with Gasteiger partial charge in [0.2, 0.25) is 10.0 Å². The Kier molecular flexibility index (Phi) is 8.20. The molecule has 0 rings (SSSR count). The van der Waals surface area contributed by atoms with Gasteiger partial charge in [0.25, 0.3) is 0 Å². The zero-order valence-corrected chi connectivity index (χ0v) is 14.0. The van der Waals surface area contributed by atoms with Crippen molar-refractivity contribution in [3.8, 4) is 0 Å². The minimum atomic E-state index is -3.49. The fourth-order valence-electron chi connectivity index (χ4n) is 0.638. The van der Waals surface area contributed by atoms with Crippen LogP contribution in [0.1, 0.15) is 20.8 Å². The van der Waals surface area contributed by atoms with Crippen LogP contribution in [0.5, 0.6) is 0 Å². The standard InChI is InChI=1S/C7H15NO3S.I2/c1-6(9)7(2,3)12(10,11)8(4)5;1-2/h1-5H3;. The molecule has 0 amide bonds. The zero-order valence-electron chi connectivity index (χ0n) is 8.84. The first-order chi connectivity index (χ1) is 6.14. The highest BCUT2D eigenvalue weighted by atomic mass is 128. The van der Waals surface area contributed by atoms with Crippen molar-refractivity contribution in [2.45, 2.75) is 25.5 Å². The molecule has 0 aliphatic heterocycles. The molecule has 0 aromatic rings. The van der Waals surface area contributed by atoms with Gasteiger partial charge in [0, 0.05) is 51.3 Å². The first-order valence-electron chi connectivity index (χ1n) is 3.71. The number of rotatable bonds is 3. The highest BCUT2D eigenvalue weighted by Crippen LogP contribution is 2.19. The summed E-state index contributed by atoms with van der Waals surface area (Å²) in [6.45, 7) is 4.09. The third kappa shape index (κ3) is 3.89. The van der Waals surface area contributed by atoms with Crippen molar-refractivity contribution in [1.82, 2.24) is 4.31 Å². The normalized spacial score (nSPS) is 12.0. The molecule has 0 radical (unpaired) electrons. The molecule has 4 nitrogen and oxygen atoms in total. The van der Waals surface area contributed by atoms with Crippen molar-refractivity contribution < 1.29 is 13.2 Å². The zero-order chi connectivity index (χ0) is 12.2. The number of carbonyl (C=O) groups is 1. The van der Waals surface area contributed by atoms with Gasteiger partial charge < -0.3 is 0 Å². The van der Waals surface area contributed by atoms with Crippen LogP contribution in [0.2, 0.25) is 0 Å². The molecule has 0 saturated heterocycles. The Hall–Kier alpha value is 1.04. The van der Waals surface area contributed by atoms with Gasteiger partial charge in [-0.05, 0) is 20.8 Å². The van der Waals surface area contributed by atoms with Gasteiger partial charge in [0.05, 0.1) is 0 Å². The van der Waals surface area contributed by atoms with Crippen LogP contribution in [0.25, 0.3) is 0 Å². The fraction of sp³-hybridized carbons (Fsp3) is 0.857. The van der Waals surface area contributed by atoms with Gasteiger partial charge in [0.15, 0.2) is 5.78 Å². The van der Waals surface area contributed by atoms with Crippen molar-refractivity contribution in [3.63, 3.8) is 0 Å². The highest BCUT2D eigenvalue weighted by Gasteiger charge is 2.40. The monoisotopic (exact) mass is 447 g/mol. The minimum Gasteiger partial charge on any atom is -0.298 e. The molecule has 0 atom stereocenters. The van der Waals surface area contributed by atoms with Gasteiger partial charge in [0.1, 0.15) is 4.75 Å². The summed E-state index contributed by atoms with van der Waals surface area (Å²) in [7, 11) is -0.659. The third-order valence-electron chi connectivity index (χ3n) is 1.97. The molecule has 0 saturated carbocycles. The number of nitrogens with zero attached hydrogens (tertiary/aromatic N) is 1. The van der Waals surface area contributed by atoms with Crippen molar-refractivity contribution in [2.75, 3.05) is 14.1 Å². The smallest absolute Gasteiger partial charge is 0.225 e. The SMILES string of the molecule is CC(=O)C(C)(C)S(=O)(=O)N(C)C.II. The molecule has 0 aromatic carbocycles. The Labute approximate surface area is 109 Å². The number of hydrogen-bond acceptors (Lipinski definition) is 3.